The van der Waals surface area contributed by atoms with Gasteiger partial charge in [0.1, 0.15) is 10.0 Å². The fraction of sp³-hybridized carbons (Fsp3) is 0.269. The molecule has 0 bridgehead atoms. The third kappa shape index (κ3) is 3.65. The van der Waals surface area contributed by atoms with Crippen LogP contribution in [-0.4, -0.2) is 21.4 Å². The van der Waals surface area contributed by atoms with Gasteiger partial charge in [0.2, 0.25) is 0 Å². The van der Waals surface area contributed by atoms with E-state index in [1.54, 1.807) is 22.7 Å². The third-order valence-electron chi connectivity index (χ3n) is 6.07. The summed E-state index contributed by atoms with van der Waals surface area (Å²) in [6.45, 7) is 8.89. The molecule has 0 atom stereocenters. The average molecular weight is 505 g/mol. The van der Waals surface area contributed by atoms with Crippen LogP contribution in [0.2, 0.25) is 0 Å². The van der Waals surface area contributed by atoms with Gasteiger partial charge in [-0.25, -0.2) is 9.97 Å². The summed E-state index contributed by atoms with van der Waals surface area (Å²) in [5, 5.41) is 9.27. The van der Waals surface area contributed by atoms with Crippen molar-refractivity contribution in [3.63, 3.8) is 0 Å². The molecule has 0 unspecified atom stereocenters. The van der Waals surface area contributed by atoms with Gasteiger partial charge in [0.25, 0.3) is 5.91 Å². The standard InChI is InChI=1S/C26H24N4OS3/c1-25(2)13-14-19(22-27-15-9-5-7-11-17(15)32-22)23(34-20(14)26(3,4)30-25)29-21(31)24-28-16-10-6-8-12-18(16)33-24/h5-12,30H,13H2,1-4H3,(H,29,31). The van der Waals surface area contributed by atoms with Gasteiger partial charge in [0.05, 0.1) is 20.4 Å². The highest BCUT2D eigenvalue weighted by molar-refractivity contribution is 7.23. The van der Waals surface area contributed by atoms with Gasteiger partial charge >= 0.3 is 0 Å². The quantitative estimate of drug-likeness (QED) is 0.276. The molecule has 0 radical (unpaired) electrons. The molecule has 0 aliphatic carbocycles. The summed E-state index contributed by atoms with van der Waals surface area (Å²) in [6, 6.07) is 16.1. The van der Waals surface area contributed by atoms with Crippen LogP contribution in [0.25, 0.3) is 31.0 Å². The Labute approximate surface area is 209 Å². The van der Waals surface area contributed by atoms with Crippen LogP contribution in [0.15, 0.2) is 48.5 Å². The number of thiazole rings is 2. The number of hydrogen-bond donors (Lipinski definition) is 2. The van der Waals surface area contributed by atoms with Crippen LogP contribution >= 0.6 is 34.0 Å². The lowest BCUT2D eigenvalue weighted by molar-refractivity contribution is 0.102. The molecule has 1 aliphatic rings. The first kappa shape index (κ1) is 21.9. The molecule has 5 nitrogen and oxygen atoms in total. The van der Waals surface area contributed by atoms with E-state index in [1.165, 1.54) is 21.8 Å². The Balaban J connectivity index is 1.50. The van der Waals surface area contributed by atoms with Crippen molar-refractivity contribution in [3.05, 3.63) is 64.0 Å². The van der Waals surface area contributed by atoms with Gasteiger partial charge in [0, 0.05) is 21.5 Å². The number of para-hydroxylation sites is 2. The first-order valence-electron chi connectivity index (χ1n) is 11.2. The van der Waals surface area contributed by atoms with Gasteiger partial charge in [-0.2, -0.15) is 0 Å². The molecule has 6 rings (SSSR count). The average Bonchev–Trinajstić information content (AvgIpc) is 3.46. The lowest BCUT2D eigenvalue weighted by Gasteiger charge is -2.42. The summed E-state index contributed by atoms with van der Waals surface area (Å²) < 4.78 is 2.16. The Bertz CT molecular complexity index is 1510. The molecule has 2 N–H and O–H groups in total. The molecule has 172 valence electrons. The zero-order chi connectivity index (χ0) is 23.7. The highest BCUT2D eigenvalue weighted by atomic mass is 32.1. The Morgan fingerprint density at radius 3 is 2.24 bits per heavy atom. The summed E-state index contributed by atoms with van der Waals surface area (Å²) in [6.07, 6.45) is 0.866. The number of benzene rings is 2. The number of fused-ring (bicyclic) bond motifs is 3. The summed E-state index contributed by atoms with van der Waals surface area (Å²) >= 11 is 4.75. The largest absolute Gasteiger partial charge is 0.311 e. The second kappa shape index (κ2) is 7.68. The summed E-state index contributed by atoms with van der Waals surface area (Å²) in [5.41, 5.74) is 3.87. The van der Waals surface area contributed by atoms with Gasteiger partial charge in [-0.05, 0) is 63.9 Å². The Kier molecular flexibility index (Phi) is 4.94. The highest BCUT2D eigenvalue weighted by Gasteiger charge is 2.41. The highest BCUT2D eigenvalue weighted by Crippen LogP contribution is 2.50. The summed E-state index contributed by atoms with van der Waals surface area (Å²) in [4.78, 5) is 24.1. The number of anilines is 1. The smallest absolute Gasteiger partial charge is 0.285 e. The lowest BCUT2D eigenvalue weighted by Crippen LogP contribution is -2.54. The van der Waals surface area contributed by atoms with Crippen LogP contribution < -0.4 is 10.6 Å². The molecule has 0 fully saturated rings. The molecule has 1 amide bonds. The molecular weight excluding hydrogens is 481 g/mol. The van der Waals surface area contributed by atoms with E-state index in [2.05, 4.69) is 49.4 Å². The maximum atomic E-state index is 13.4. The number of nitrogens with one attached hydrogen (secondary N) is 2. The zero-order valence-corrected chi connectivity index (χ0v) is 21.8. The zero-order valence-electron chi connectivity index (χ0n) is 19.4. The van der Waals surface area contributed by atoms with E-state index in [9.17, 15) is 4.79 Å². The van der Waals surface area contributed by atoms with E-state index in [-0.39, 0.29) is 17.0 Å². The van der Waals surface area contributed by atoms with E-state index >= 15 is 0 Å². The second-order valence-corrected chi connectivity index (χ2v) is 12.9. The molecule has 4 heterocycles. The maximum absolute atomic E-state index is 13.4. The van der Waals surface area contributed by atoms with Crippen LogP contribution in [0.1, 0.15) is 47.9 Å². The minimum absolute atomic E-state index is 0.0721. The van der Waals surface area contributed by atoms with E-state index in [4.69, 9.17) is 4.98 Å². The number of aromatic nitrogens is 2. The fourth-order valence-corrected chi connectivity index (χ4v) is 8.19. The number of carbonyl (C=O) groups excluding carboxylic acids is 1. The van der Waals surface area contributed by atoms with Crippen molar-refractivity contribution < 1.29 is 4.79 Å². The predicted molar refractivity (Wildman–Crippen MR) is 144 cm³/mol. The minimum Gasteiger partial charge on any atom is -0.311 e. The topological polar surface area (TPSA) is 66.9 Å². The van der Waals surface area contributed by atoms with Crippen molar-refractivity contribution in [1.82, 2.24) is 15.3 Å². The van der Waals surface area contributed by atoms with Crippen molar-refractivity contribution >= 4 is 65.4 Å². The van der Waals surface area contributed by atoms with E-state index < -0.39 is 0 Å². The summed E-state index contributed by atoms with van der Waals surface area (Å²) in [5.74, 6) is -0.174. The van der Waals surface area contributed by atoms with Gasteiger partial charge in [0.15, 0.2) is 5.01 Å². The van der Waals surface area contributed by atoms with Crippen molar-refractivity contribution in [1.29, 1.82) is 0 Å². The van der Waals surface area contributed by atoms with E-state index in [0.717, 1.165) is 42.4 Å². The molecule has 0 saturated heterocycles. The molecule has 2 aromatic carbocycles. The number of carbonyl (C=O) groups is 1. The first-order chi connectivity index (χ1) is 16.2. The van der Waals surface area contributed by atoms with Crippen LogP contribution in [0.3, 0.4) is 0 Å². The Morgan fingerprint density at radius 2 is 1.56 bits per heavy atom. The van der Waals surface area contributed by atoms with E-state index in [1.807, 2.05) is 42.5 Å². The Hall–Kier alpha value is -2.65. The SMILES string of the molecule is CC1(C)Cc2c(sc(NC(=O)c3nc4ccccc4s3)c2-c2nc3ccccc3s2)C(C)(C)N1. The third-order valence-corrected chi connectivity index (χ3v) is 9.63. The van der Waals surface area contributed by atoms with Crippen LogP contribution in [0.4, 0.5) is 5.00 Å². The summed E-state index contributed by atoms with van der Waals surface area (Å²) in [7, 11) is 0. The van der Waals surface area contributed by atoms with Gasteiger partial charge in [-0.3, -0.25) is 4.79 Å². The van der Waals surface area contributed by atoms with Gasteiger partial charge in [-0.15, -0.1) is 34.0 Å². The number of rotatable bonds is 3. The van der Waals surface area contributed by atoms with Gasteiger partial charge in [-0.1, -0.05) is 24.3 Å². The number of thiophene rings is 1. The lowest BCUT2D eigenvalue weighted by atomic mass is 9.81. The normalized spacial score (nSPS) is 16.6. The minimum atomic E-state index is -0.216. The molecule has 3 aromatic heterocycles. The van der Waals surface area contributed by atoms with Gasteiger partial charge < -0.3 is 10.6 Å². The first-order valence-corrected chi connectivity index (χ1v) is 13.6. The molecule has 34 heavy (non-hydrogen) atoms. The molecular formula is C26H24N4OS3. The van der Waals surface area contributed by atoms with Crippen LogP contribution in [0.5, 0.6) is 0 Å². The molecule has 5 aromatic rings. The maximum Gasteiger partial charge on any atom is 0.285 e. The number of nitrogens with zero attached hydrogens (tertiary/aromatic N) is 2. The molecule has 0 spiro atoms. The molecule has 8 heteroatoms. The monoisotopic (exact) mass is 504 g/mol. The fourth-order valence-electron chi connectivity index (χ4n) is 4.95. The van der Waals surface area contributed by atoms with Crippen LogP contribution in [-0.2, 0) is 12.0 Å². The van der Waals surface area contributed by atoms with Crippen molar-refractivity contribution in [2.24, 2.45) is 0 Å². The molecule has 0 saturated carbocycles. The Morgan fingerprint density at radius 1 is 0.912 bits per heavy atom. The van der Waals surface area contributed by atoms with Crippen molar-refractivity contribution in [2.75, 3.05) is 5.32 Å². The number of hydrogen-bond acceptors (Lipinski definition) is 7. The van der Waals surface area contributed by atoms with Crippen LogP contribution in [0, 0.1) is 0 Å². The van der Waals surface area contributed by atoms with Crippen molar-refractivity contribution in [3.8, 4) is 10.6 Å². The number of amides is 1. The van der Waals surface area contributed by atoms with Crippen molar-refractivity contribution in [2.45, 2.75) is 45.2 Å². The van der Waals surface area contributed by atoms with E-state index in [0.29, 0.717) is 5.01 Å². The second-order valence-electron chi connectivity index (χ2n) is 9.85. The molecule has 1 aliphatic heterocycles. The predicted octanol–water partition coefficient (Wildman–Crippen LogP) is 7.05.